The third-order valence-electron chi connectivity index (χ3n) is 7.65. The van der Waals surface area contributed by atoms with Gasteiger partial charge in [-0.3, -0.25) is 0 Å². The second-order valence-corrected chi connectivity index (χ2v) is 16.7. The molecule has 5 atom stereocenters. The molecule has 0 unspecified atom stereocenters. The summed E-state index contributed by atoms with van der Waals surface area (Å²) in [7, 11) is -1.98. The Labute approximate surface area is 184 Å². The summed E-state index contributed by atoms with van der Waals surface area (Å²) in [5, 5.41) is 10.0. The standard InChI is InChI=1S/C23H47BrO3Si/c1-11-23(12-2)21(26-19(10)18(9)25)13-20(24)14-22(23)27-28(15(3)4,16(5)6)17(7)8/h15-22,25H,11-14H2,1-10H3/t18-,19+,20-,21-,22-/m1/s1. The van der Waals surface area contributed by atoms with Gasteiger partial charge in [-0.2, -0.15) is 0 Å². The molecule has 1 aliphatic carbocycles. The molecule has 0 bridgehead atoms. The molecule has 0 aromatic heterocycles. The maximum atomic E-state index is 10.0. The van der Waals surface area contributed by atoms with E-state index in [0.29, 0.717) is 21.5 Å². The fourth-order valence-electron chi connectivity index (χ4n) is 5.78. The Morgan fingerprint density at radius 2 is 1.32 bits per heavy atom. The number of hydrogen-bond donors (Lipinski definition) is 1. The monoisotopic (exact) mass is 478 g/mol. The molecule has 0 heterocycles. The van der Waals surface area contributed by atoms with Crippen LogP contribution in [0.1, 0.15) is 94.9 Å². The molecule has 1 aliphatic rings. The van der Waals surface area contributed by atoms with E-state index in [1.54, 1.807) is 0 Å². The van der Waals surface area contributed by atoms with Crippen LogP contribution in [-0.2, 0) is 9.16 Å². The van der Waals surface area contributed by atoms with Crippen molar-refractivity contribution in [3.8, 4) is 0 Å². The molecule has 0 saturated heterocycles. The maximum absolute atomic E-state index is 10.0. The maximum Gasteiger partial charge on any atom is 0.200 e. The first kappa shape index (κ1) is 26.6. The first-order valence-corrected chi connectivity index (χ1v) is 14.6. The Balaban J connectivity index is 3.36. The van der Waals surface area contributed by atoms with Gasteiger partial charge in [-0.15, -0.1) is 0 Å². The number of aliphatic hydroxyl groups is 1. The average Bonchev–Trinajstić information content (AvgIpc) is 2.58. The normalized spacial score (nSPS) is 28.2. The van der Waals surface area contributed by atoms with Crippen LogP contribution in [0.4, 0.5) is 0 Å². The van der Waals surface area contributed by atoms with Crippen molar-refractivity contribution < 1.29 is 14.3 Å². The molecule has 28 heavy (non-hydrogen) atoms. The van der Waals surface area contributed by atoms with Crippen molar-refractivity contribution in [2.24, 2.45) is 5.41 Å². The van der Waals surface area contributed by atoms with Crippen molar-refractivity contribution in [1.29, 1.82) is 0 Å². The van der Waals surface area contributed by atoms with E-state index < -0.39 is 14.4 Å². The highest BCUT2D eigenvalue weighted by atomic mass is 79.9. The van der Waals surface area contributed by atoms with Crippen LogP contribution in [0.3, 0.4) is 0 Å². The van der Waals surface area contributed by atoms with Gasteiger partial charge in [-0.1, -0.05) is 71.3 Å². The summed E-state index contributed by atoms with van der Waals surface area (Å²) in [5.74, 6) is 0. The third-order valence-corrected chi connectivity index (χ3v) is 14.5. The van der Waals surface area contributed by atoms with Gasteiger partial charge in [0, 0.05) is 10.2 Å². The molecule has 0 radical (unpaired) electrons. The lowest BCUT2D eigenvalue weighted by atomic mass is 9.66. The molecule has 1 fully saturated rings. The Morgan fingerprint density at radius 1 is 0.893 bits per heavy atom. The lowest BCUT2D eigenvalue weighted by Gasteiger charge is -2.55. The second-order valence-electron chi connectivity index (χ2n) is 10.0. The molecule has 0 amide bonds. The molecule has 1 saturated carbocycles. The summed E-state index contributed by atoms with van der Waals surface area (Å²) in [6.45, 7) is 22.6. The largest absolute Gasteiger partial charge is 0.412 e. The highest BCUT2D eigenvalue weighted by Crippen LogP contribution is 2.52. The van der Waals surface area contributed by atoms with Crippen molar-refractivity contribution in [1.82, 2.24) is 0 Å². The third kappa shape index (κ3) is 5.24. The summed E-state index contributed by atoms with van der Waals surface area (Å²) in [6, 6.07) is 0. The minimum Gasteiger partial charge on any atom is -0.412 e. The van der Waals surface area contributed by atoms with Crippen LogP contribution in [0.2, 0.25) is 16.6 Å². The van der Waals surface area contributed by atoms with Crippen molar-refractivity contribution in [2.75, 3.05) is 0 Å². The van der Waals surface area contributed by atoms with Crippen molar-refractivity contribution in [3.63, 3.8) is 0 Å². The van der Waals surface area contributed by atoms with Crippen molar-refractivity contribution >= 4 is 24.2 Å². The van der Waals surface area contributed by atoms with Crippen LogP contribution in [0.25, 0.3) is 0 Å². The number of rotatable bonds is 10. The van der Waals surface area contributed by atoms with Crippen molar-refractivity contribution in [2.45, 2.75) is 141 Å². The quantitative estimate of drug-likeness (QED) is 0.269. The molecule has 0 aromatic carbocycles. The van der Waals surface area contributed by atoms with E-state index in [0.717, 1.165) is 25.7 Å². The molecule has 168 valence electrons. The molecular formula is C23H47BrO3Si. The molecule has 3 nitrogen and oxygen atoms in total. The molecular weight excluding hydrogens is 432 g/mol. The number of aliphatic hydroxyl groups excluding tert-OH is 1. The summed E-state index contributed by atoms with van der Waals surface area (Å²) in [6.07, 6.45) is 3.80. The van der Waals surface area contributed by atoms with Crippen molar-refractivity contribution in [3.05, 3.63) is 0 Å². The average molecular weight is 480 g/mol. The summed E-state index contributed by atoms with van der Waals surface area (Å²) >= 11 is 3.92. The SMILES string of the molecule is CCC1(CC)[C@H](O[C@@H](C)[C@@H](C)O)C[C@@H](Br)C[C@H]1O[Si](C(C)C)(C(C)C)C(C)C. The number of halogens is 1. The highest BCUT2D eigenvalue weighted by molar-refractivity contribution is 9.09. The summed E-state index contributed by atoms with van der Waals surface area (Å²) in [4.78, 5) is 0.396. The van der Waals surface area contributed by atoms with Crippen LogP contribution in [0.5, 0.6) is 0 Å². The van der Waals surface area contributed by atoms with Crippen LogP contribution < -0.4 is 0 Å². The zero-order chi connectivity index (χ0) is 21.9. The lowest BCUT2D eigenvalue weighted by Crippen LogP contribution is -2.59. The minimum absolute atomic E-state index is 0.00431. The molecule has 1 N–H and O–H groups in total. The van der Waals surface area contributed by atoms with Crippen LogP contribution in [0.15, 0.2) is 0 Å². The van der Waals surface area contributed by atoms with Gasteiger partial charge >= 0.3 is 0 Å². The molecule has 0 aliphatic heterocycles. The fourth-order valence-corrected chi connectivity index (χ4v) is 12.1. The van der Waals surface area contributed by atoms with Gasteiger partial charge in [-0.05, 0) is 56.2 Å². The Hall–Kier alpha value is 0.577. The number of ether oxygens (including phenoxy) is 1. The first-order chi connectivity index (χ1) is 12.9. The van der Waals surface area contributed by atoms with Gasteiger partial charge in [-0.25, -0.2) is 0 Å². The van der Waals surface area contributed by atoms with E-state index >= 15 is 0 Å². The van der Waals surface area contributed by atoms with E-state index in [1.807, 2.05) is 13.8 Å². The summed E-state index contributed by atoms with van der Waals surface area (Å²) < 4.78 is 13.9. The number of alkyl halides is 1. The van der Waals surface area contributed by atoms with Crippen LogP contribution in [0, 0.1) is 5.41 Å². The van der Waals surface area contributed by atoms with Gasteiger partial charge in [0.2, 0.25) is 8.32 Å². The minimum atomic E-state index is -1.98. The van der Waals surface area contributed by atoms with Crippen LogP contribution >= 0.6 is 15.9 Å². The molecule has 1 rings (SSSR count). The summed E-state index contributed by atoms with van der Waals surface area (Å²) in [5.41, 5.74) is 1.73. The zero-order valence-corrected chi connectivity index (χ0v) is 22.7. The van der Waals surface area contributed by atoms with E-state index in [-0.39, 0.29) is 23.7 Å². The predicted octanol–water partition coefficient (Wildman–Crippen LogP) is 7.07. The van der Waals surface area contributed by atoms with E-state index in [1.165, 1.54) is 0 Å². The van der Waals surface area contributed by atoms with Gasteiger partial charge in [0.1, 0.15) is 0 Å². The zero-order valence-electron chi connectivity index (χ0n) is 20.1. The molecule has 0 spiro atoms. The Kier molecular flexibility index (Phi) is 10.2. The second kappa shape index (κ2) is 10.7. The molecule has 0 aromatic rings. The highest BCUT2D eigenvalue weighted by Gasteiger charge is 2.55. The predicted molar refractivity (Wildman–Crippen MR) is 127 cm³/mol. The van der Waals surface area contributed by atoms with E-state index in [4.69, 9.17) is 9.16 Å². The first-order valence-electron chi connectivity index (χ1n) is 11.5. The molecule has 5 heteroatoms. The fraction of sp³-hybridized carbons (Fsp3) is 1.00. The Bertz CT molecular complexity index is 441. The van der Waals surface area contributed by atoms with Gasteiger partial charge in [0.05, 0.1) is 24.4 Å². The lowest BCUT2D eigenvalue weighted by molar-refractivity contribution is -0.164. The number of hydrogen-bond acceptors (Lipinski definition) is 3. The Morgan fingerprint density at radius 3 is 1.68 bits per heavy atom. The van der Waals surface area contributed by atoms with Crippen LogP contribution in [-0.4, -0.2) is 42.7 Å². The van der Waals surface area contributed by atoms with Gasteiger partial charge < -0.3 is 14.3 Å². The van der Waals surface area contributed by atoms with E-state index in [9.17, 15) is 5.11 Å². The van der Waals surface area contributed by atoms with Gasteiger partial charge in [0.15, 0.2) is 0 Å². The van der Waals surface area contributed by atoms with Gasteiger partial charge in [0.25, 0.3) is 0 Å². The smallest absolute Gasteiger partial charge is 0.200 e. The van der Waals surface area contributed by atoms with E-state index in [2.05, 4.69) is 71.3 Å². The topological polar surface area (TPSA) is 38.7 Å².